The Morgan fingerprint density at radius 2 is 1.85 bits per heavy atom. The van der Waals surface area contributed by atoms with Crippen molar-refractivity contribution in [1.29, 1.82) is 0 Å². The molecule has 0 unspecified atom stereocenters. The fraction of sp³-hybridized carbons (Fsp3) is 0.450. The van der Waals surface area contributed by atoms with Crippen LogP contribution in [0.4, 0.5) is 0 Å². The number of hydrogen-bond donors (Lipinski definition) is 2. The summed E-state index contributed by atoms with van der Waals surface area (Å²) in [7, 11) is 2.15. The molecule has 0 aliphatic carbocycles. The molecule has 1 aromatic heterocycles. The van der Waals surface area contributed by atoms with Gasteiger partial charge in [0.05, 0.1) is 19.4 Å². The monoisotopic (exact) mass is 470 g/mol. The SMILES string of the molecule is CCNC(=NCc1ccccc1CN(C)C(C)C)NCc1ccco1.I. The topological polar surface area (TPSA) is 52.8 Å². The van der Waals surface area contributed by atoms with Crippen molar-refractivity contribution in [2.45, 2.75) is 46.4 Å². The Balaban J connectivity index is 0.00000338. The number of furan rings is 1. The first-order chi connectivity index (χ1) is 12.1. The molecule has 0 aliphatic heterocycles. The van der Waals surface area contributed by atoms with Crippen molar-refractivity contribution in [3.63, 3.8) is 0 Å². The Kier molecular flexibility index (Phi) is 10.3. The van der Waals surface area contributed by atoms with Gasteiger partial charge < -0.3 is 15.1 Å². The number of nitrogens with one attached hydrogen (secondary N) is 2. The second-order valence-electron chi connectivity index (χ2n) is 6.41. The van der Waals surface area contributed by atoms with Crippen molar-refractivity contribution < 1.29 is 4.42 Å². The fourth-order valence-electron chi connectivity index (χ4n) is 2.41. The van der Waals surface area contributed by atoms with Gasteiger partial charge in [-0.15, -0.1) is 24.0 Å². The van der Waals surface area contributed by atoms with Gasteiger partial charge in [0.1, 0.15) is 5.76 Å². The van der Waals surface area contributed by atoms with Crippen LogP contribution >= 0.6 is 24.0 Å². The third-order valence-electron chi connectivity index (χ3n) is 4.18. The van der Waals surface area contributed by atoms with Crippen molar-refractivity contribution in [2.24, 2.45) is 4.99 Å². The van der Waals surface area contributed by atoms with Crippen molar-refractivity contribution in [1.82, 2.24) is 15.5 Å². The van der Waals surface area contributed by atoms with Gasteiger partial charge in [-0.2, -0.15) is 0 Å². The molecule has 2 rings (SSSR count). The Morgan fingerprint density at radius 3 is 2.46 bits per heavy atom. The molecule has 0 saturated carbocycles. The number of nitrogens with zero attached hydrogens (tertiary/aromatic N) is 2. The molecule has 2 N–H and O–H groups in total. The van der Waals surface area contributed by atoms with Crippen LogP contribution in [0.3, 0.4) is 0 Å². The molecule has 0 fully saturated rings. The van der Waals surface area contributed by atoms with Gasteiger partial charge in [-0.05, 0) is 51.1 Å². The van der Waals surface area contributed by atoms with E-state index < -0.39 is 0 Å². The maximum Gasteiger partial charge on any atom is 0.191 e. The van der Waals surface area contributed by atoms with Crippen LogP contribution in [0.15, 0.2) is 52.1 Å². The molecule has 6 heteroatoms. The summed E-state index contributed by atoms with van der Waals surface area (Å²) in [6.07, 6.45) is 1.68. The van der Waals surface area contributed by atoms with E-state index in [0.29, 0.717) is 19.1 Å². The summed E-state index contributed by atoms with van der Waals surface area (Å²) < 4.78 is 5.36. The third-order valence-corrected chi connectivity index (χ3v) is 4.18. The molecule has 0 amide bonds. The minimum atomic E-state index is 0. The number of aliphatic imine (C=N–C) groups is 1. The lowest BCUT2D eigenvalue weighted by Crippen LogP contribution is -2.36. The molecule has 0 bridgehead atoms. The lowest BCUT2D eigenvalue weighted by atomic mass is 10.1. The van der Waals surface area contributed by atoms with Crippen LogP contribution in [-0.4, -0.2) is 30.5 Å². The first kappa shape index (κ1) is 22.5. The molecule has 26 heavy (non-hydrogen) atoms. The lowest BCUT2D eigenvalue weighted by Gasteiger charge is -2.22. The van der Waals surface area contributed by atoms with E-state index in [9.17, 15) is 0 Å². The second-order valence-corrected chi connectivity index (χ2v) is 6.41. The first-order valence-corrected chi connectivity index (χ1v) is 8.91. The molecule has 1 heterocycles. The average Bonchev–Trinajstić information content (AvgIpc) is 3.12. The van der Waals surface area contributed by atoms with Gasteiger partial charge in [-0.25, -0.2) is 4.99 Å². The molecular weight excluding hydrogens is 439 g/mol. The highest BCUT2D eigenvalue weighted by atomic mass is 127. The molecule has 0 spiro atoms. The lowest BCUT2D eigenvalue weighted by molar-refractivity contribution is 0.265. The molecule has 0 atom stereocenters. The summed E-state index contributed by atoms with van der Waals surface area (Å²) in [5, 5.41) is 6.59. The Hall–Kier alpha value is -1.54. The van der Waals surface area contributed by atoms with Crippen LogP contribution in [-0.2, 0) is 19.6 Å². The van der Waals surface area contributed by atoms with E-state index in [4.69, 9.17) is 9.41 Å². The van der Waals surface area contributed by atoms with Gasteiger partial charge in [0.25, 0.3) is 0 Å². The number of hydrogen-bond acceptors (Lipinski definition) is 3. The zero-order chi connectivity index (χ0) is 18.1. The van der Waals surface area contributed by atoms with Gasteiger partial charge in [0, 0.05) is 19.1 Å². The standard InChI is InChI=1S/C20H30N4O.HI/c1-5-21-20(23-14-19-11-8-12-25-19)22-13-17-9-6-7-10-18(17)15-24(4)16(2)3;/h6-12,16H,5,13-15H2,1-4H3,(H2,21,22,23);1H. The van der Waals surface area contributed by atoms with E-state index in [2.05, 4.69) is 67.6 Å². The minimum absolute atomic E-state index is 0. The molecule has 2 aromatic rings. The summed E-state index contributed by atoms with van der Waals surface area (Å²) in [5.74, 6) is 1.69. The molecule has 1 aromatic carbocycles. The Bertz CT molecular complexity index is 656. The molecule has 144 valence electrons. The predicted octanol–water partition coefficient (Wildman–Crippen LogP) is 3.99. The zero-order valence-electron chi connectivity index (χ0n) is 16.2. The molecular formula is C20H31IN4O. The zero-order valence-corrected chi connectivity index (χ0v) is 18.5. The van der Waals surface area contributed by atoms with E-state index in [0.717, 1.165) is 24.8 Å². The highest BCUT2D eigenvalue weighted by molar-refractivity contribution is 14.0. The van der Waals surface area contributed by atoms with Crippen molar-refractivity contribution in [3.8, 4) is 0 Å². The highest BCUT2D eigenvalue weighted by Crippen LogP contribution is 2.13. The summed E-state index contributed by atoms with van der Waals surface area (Å²) in [6.45, 7) is 9.51. The number of benzene rings is 1. The van der Waals surface area contributed by atoms with Crippen LogP contribution in [0.1, 0.15) is 37.7 Å². The van der Waals surface area contributed by atoms with Crippen molar-refractivity contribution in [3.05, 3.63) is 59.5 Å². The smallest absolute Gasteiger partial charge is 0.191 e. The highest BCUT2D eigenvalue weighted by Gasteiger charge is 2.08. The number of rotatable bonds is 8. The van der Waals surface area contributed by atoms with Crippen molar-refractivity contribution in [2.75, 3.05) is 13.6 Å². The van der Waals surface area contributed by atoms with Gasteiger partial charge in [0.15, 0.2) is 5.96 Å². The molecule has 0 aliphatic rings. The second kappa shape index (κ2) is 12.0. The quantitative estimate of drug-likeness (QED) is 0.348. The summed E-state index contributed by atoms with van der Waals surface area (Å²) in [6, 6.07) is 12.9. The Morgan fingerprint density at radius 1 is 1.12 bits per heavy atom. The predicted molar refractivity (Wildman–Crippen MR) is 119 cm³/mol. The average molecular weight is 470 g/mol. The summed E-state index contributed by atoms with van der Waals surface area (Å²) >= 11 is 0. The van der Waals surface area contributed by atoms with Crippen LogP contribution in [0, 0.1) is 0 Å². The maximum atomic E-state index is 5.36. The van der Waals surface area contributed by atoms with Crippen LogP contribution < -0.4 is 10.6 Å². The normalized spacial score (nSPS) is 11.5. The van der Waals surface area contributed by atoms with Crippen LogP contribution in [0.2, 0.25) is 0 Å². The summed E-state index contributed by atoms with van der Waals surface area (Å²) in [4.78, 5) is 7.07. The largest absolute Gasteiger partial charge is 0.467 e. The van der Waals surface area contributed by atoms with E-state index in [1.165, 1.54) is 11.1 Å². The van der Waals surface area contributed by atoms with Gasteiger partial charge in [0.2, 0.25) is 0 Å². The Labute approximate surface area is 174 Å². The van der Waals surface area contributed by atoms with Gasteiger partial charge in [-0.3, -0.25) is 4.90 Å². The van der Waals surface area contributed by atoms with E-state index in [1.807, 2.05) is 12.1 Å². The van der Waals surface area contributed by atoms with E-state index in [-0.39, 0.29) is 24.0 Å². The molecule has 0 saturated heterocycles. The van der Waals surface area contributed by atoms with E-state index >= 15 is 0 Å². The minimum Gasteiger partial charge on any atom is -0.467 e. The number of guanidine groups is 1. The van der Waals surface area contributed by atoms with Crippen LogP contribution in [0.5, 0.6) is 0 Å². The number of halogens is 1. The third kappa shape index (κ3) is 7.37. The van der Waals surface area contributed by atoms with Gasteiger partial charge in [-0.1, -0.05) is 24.3 Å². The van der Waals surface area contributed by atoms with Crippen molar-refractivity contribution >= 4 is 29.9 Å². The van der Waals surface area contributed by atoms with Crippen LogP contribution in [0.25, 0.3) is 0 Å². The summed E-state index contributed by atoms with van der Waals surface area (Å²) in [5.41, 5.74) is 2.58. The molecule has 5 nitrogen and oxygen atoms in total. The molecule has 0 radical (unpaired) electrons. The fourth-order valence-corrected chi connectivity index (χ4v) is 2.41. The first-order valence-electron chi connectivity index (χ1n) is 8.91. The maximum absolute atomic E-state index is 5.36. The van der Waals surface area contributed by atoms with Gasteiger partial charge >= 0.3 is 0 Å². The van der Waals surface area contributed by atoms with E-state index in [1.54, 1.807) is 6.26 Å².